The molecule has 0 spiro atoms. The van der Waals surface area contributed by atoms with Crippen LogP contribution in [0.3, 0.4) is 0 Å². The molecule has 16 heavy (non-hydrogen) atoms. The molecule has 0 aromatic rings. The lowest BCUT2D eigenvalue weighted by Crippen LogP contribution is -2.33. The third kappa shape index (κ3) is 5.89. The Balaban J connectivity index is 2.04. The van der Waals surface area contributed by atoms with Crippen LogP contribution in [-0.4, -0.2) is 12.6 Å². The fraction of sp³-hybridized carbons (Fsp3) is 1.00. The first-order valence-electron chi connectivity index (χ1n) is 7.45. The maximum atomic E-state index is 3.73. The van der Waals surface area contributed by atoms with Crippen molar-refractivity contribution in [3.05, 3.63) is 0 Å². The minimum absolute atomic E-state index is 0.726. The van der Waals surface area contributed by atoms with Gasteiger partial charge in [0.05, 0.1) is 0 Å². The highest BCUT2D eigenvalue weighted by molar-refractivity contribution is 4.73. The number of rotatable bonds is 7. The van der Waals surface area contributed by atoms with Gasteiger partial charge in [-0.2, -0.15) is 0 Å². The molecule has 96 valence electrons. The van der Waals surface area contributed by atoms with E-state index in [4.69, 9.17) is 0 Å². The molecule has 1 saturated carbocycles. The predicted octanol–water partition coefficient (Wildman–Crippen LogP) is 4.37. The molecule has 1 nitrogen and oxygen atoms in total. The number of nitrogens with one attached hydrogen (secondary N) is 1. The van der Waals surface area contributed by atoms with Gasteiger partial charge in [-0.05, 0) is 44.6 Å². The highest BCUT2D eigenvalue weighted by atomic mass is 14.9. The summed E-state index contributed by atoms with van der Waals surface area (Å²) in [6, 6.07) is 0.726. The van der Waals surface area contributed by atoms with Crippen molar-refractivity contribution in [1.82, 2.24) is 5.32 Å². The lowest BCUT2D eigenvalue weighted by atomic mass is 9.82. The summed E-state index contributed by atoms with van der Waals surface area (Å²) in [5.41, 5.74) is 0. The molecule has 0 aromatic heterocycles. The van der Waals surface area contributed by atoms with Gasteiger partial charge < -0.3 is 5.32 Å². The van der Waals surface area contributed by atoms with E-state index in [0.717, 1.165) is 17.9 Å². The van der Waals surface area contributed by atoms with Crippen LogP contribution in [-0.2, 0) is 0 Å². The second-order valence-electron chi connectivity index (χ2n) is 5.94. The smallest absolute Gasteiger partial charge is 0.00388 e. The van der Waals surface area contributed by atoms with Gasteiger partial charge in [0, 0.05) is 6.04 Å². The van der Waals surface area contributed by atoms with Crippen LogP contribution in [0.4, 0.5) is 0 Å². The maximum absolute atomic E-state index is 3.73. The zero-order valence-corrected chi connectivity index (χ0v) is 11.6. The van der Waals surface area contributed by atoms with Crippen LogP contribution in [0.15, 0.2) is 0 Å². The fourth-order valence-electron chi connectivity index (χ4n) is 2.92. The molecule has 1 fully saturated rings. The van der Waals surface area contributed by atoms with Crippen LogP contribution in [0.25, 0.3) is 0 Å². The van der Waals surface area contributed by atoms with Gasteiger partial charge in [0.25, 0.3) is 0 Å². The molecule has 0 bridgehead atoms. The molecule has 0 amide bonds. The van der Waals surface area contributed by atoms with Crippen molar-refractivity contribution in [3.8, 4) is 0 Å². The van der Waals surface area contributed by atoms with Crippen molar-refractivity contribution in [2.24, 2.45) is 11.8 Å². The van der Waals surface area contributed by atoms with Gasteiger partial charge in [0.15, 0.2) is 0 Å². The molecule has 0 radical (unpaired) electrons. The van der Waals surface area contributed by atoms with E-state index in [0.29, 0.717) is 0 Å². The zero-order valence-electron chi connectivity index (χ0n) is 11.6. The molecule has 1 N–H and O–H groups in total. The molecule has 1 aliphatic carbocycles. The maximum Gasteiger partial charge on any atom is 0.00388 e. The van der Waals surface area contributed by atoms with Crippen LogP contribution in [0.1, 0.15) is 72.1 Å². The minimum atomic E-state index is 0.726. The highest BCUT2D eigenvalue weighted by Gasteiger charge is 2.18. The van der Waals surface area contributed by atoms with Crippen molar-refractivity contribution in [1.29, 1.82) is 0 Å². The summed E-state index contributed by atoms with van der Waals surface area (Å²) in [6.07, 6.45) is 11.3. The van der Waals surface area contributed by atoms with Gasteiger partial charge in [-0.25, -0.2) is 0 Å². The average molecular weight is 225 g/mol. The third-order valence-electron chi connectivity index (χ3n) is 4.04. The topological polar surface area (TPSA) is 12.0 Å². The molecular formula is C15H31N. The molecule has 0 saturated heterocycles. The van der Waals surface area contributed by atoms with Crippen LogP contribution in [0.5, 0.6) is 0 Å². The zero-order chi connectivity index (χ0) is 11.8. The lowest BCUT2D eigenvalue weighted by molar-refractivity contribution is 0.266. The minimum Gasteiger partial charge on any atom is -0.314 e. The summed E-state index contributed by atoms with van der Waals surface area (Å²) in [4.78, 5) is 0. The van der Waals surface area contributed by atoms with Crippen molar-refractivity contribution >= 4 is 0 Å². The Morgan fingerprint density at radius 2 is 2.06 bits per heavy atom. The lowest BCUT2D eigenvalue weighted by Gasteiger charge is -2.28. The first-order valence-corrected chi connectivity index (χ1v) is 7.45. The van der Waals surface area contributed by atoms with E-state index in [9.17, 15) is 0 Å². The molecule has 3 unspecified atom stereocenters. The SMILES string of the molecule is CCCCCC(C)NCC1CCCC(C)C1. The first kappa shape index (κ1) is 14.0. The Kier molecular flexibility index (Phi) is 7.11. The summed E-state index contributed by atoms with van der Waals surface area (Å²) >= 11 is 0. The van der Waals surface area contributed by atoms with E-state index in [-0.39, 0.29) is 0 Å². The monoisotopic (exact) mass is 225 g/mol. The molecule has 0 aromatic carbocycles. The quantitative estimate of drug-likeness (QED) is 0.634. The van der Waals surface area contributed by atoms with Gasteiger partial charge in [-0.3, -0.25) is 0 Å². The summed E-state index contributed by atoms with van der Waals surface area (Å²) in [7, 11) is 0. The van der Waals surface area contributed by atoms with Crippen molar-refractivity contribution in [2.45, 2.75) is 78.2 Å². The van der Waals surface area contributed by atoms with E-state index in [1.807, 2.05) is 0 Å². The van der Waals surface area contributed by atoms with Gasteiger partial charge >= 0.3 is 0 Å². The van der Waals surface area contributed by atoms with Crippen molar-refractivity contribution < 1.29 is 0 Å². The summed E-state index contributed by atoms with van der Waals surface area (Å²) in [5.74, 6) is 1.92. The number of hydrogen-bond acceptors (Lipinski definition) is 1. The van der Waals surface area contributed by atoms with Gasteiger partial charge in [-0.1, -0.05) is 46.0 Å². The predicted molar refractivity (Wildman–Crippen MR) is 72.7 cm³/mol. The first-order chi connectivity index (χ1) is 7.72. The van der Waals surface area contributed by atoms with Gasteiger partial charge in [0.1, 0.15) is 0 Å². The van der Waals surface area contributed by atoms with Crippen molar-refractivity contribution in [3.63, 3.8) is 0 Å². The Morgan fingerprint density at radius 3 is 2.75 bits per heavy atom. The highest BCUT2D eigenvalue weighted by Crippen LogP contribution is 2.28. The summed E-state index contributed by atoms with van der Waals surface area (Å²) < 4.78 is 0. The van der Waals surface area contributed by atoms with Crippen LogP contribution >= 0.6 is 0 Å². The average Bonchev–Trinajstić information content (AvgIpc) is 2.27. The Labute approximate surface area is 102 Å². The van der Waals surface area contributed by atoms with Crippen LogP contribution in [0, 0.1) is 11.8 Å². The summed E-state index contributed by atoms with van der Waals surface area (Å²) in [6.45, 7) is 8.30. The third-order valence-corrected chi connectivity index (χ3v) is 4.04. The Bertz CT molecular complexity index is 167. The molecule has 0 aliphatic heterocycles. The molecule has 1 rings (SSSR count). The summed E-state index contributed by atoms with van der Waals surface area (Å²) in [5, 5.41) is 3.73. The van der Waals surface area contributed by atoms with Crippen LogP contribution < -0.4 is 5.32 Å². The molecular weight excluding hydrogens is 194 g/mol. The van der Waals surface area contributed by atoms with E-state index in [2.05, 4.69) is 26.1 Å². The van der Waals surface area contributed by atoms with Gasteiger partial charge in [0.2, 0.25) is 0 Å². The van der Waals surface area contributed by atoms with E-state index < -0.39 is 0 Å². The molecule has 1 aliphatic rings. The Morgan fingerprint density at radius 1 is 1.25 bits per heavy atom. The van der Waals surface area contributed by atoms with Crippen LogP contribution in [0.2, 0.25) is 0 Å². The normalized spacial score (nSPS) is 27.9. The van der Waals surface area contributed by atoms with Crippen molar-refractivity contribution in [2.75, 3.05) is 6.54 Å². The second kappa shape index (κ2) is 8.11. The van der Waals surface area contributed by atoms with E-state index in [1.165, 1.54) is 57.9 Å². The standard InChI is InChI=1S/C15H31N/c1-4-5-6-9-14(3)16-12-15-10-7-8-13(2)11-15/h13-16H,4-12H2,1-3H3. The number of hydrogen-bond donors (Lipinski definition) is 1. The fourth-order valence-corrected chi connectivity index (χ4v) is 2.92. The molecule has 0 heterocycles. The Hall–Kier alpha value is -0.0400. The number of unbranched alkanes of at least 4 members (excludes halogenated alkanes) is 2. The largest absolute Gasteiger partial charge is 0.314 e. The van der Waals surface area contributed by atoms with E-state index in [1.54, 1.807) is 0 Å². The van der Waals surface area contributed by atoms with Gasteiger partial charge in [-0.15, -0.1) is 0 Å². The van der Waals surface area contributed by atoms with E-state index >= 15 is 0 Å². The second-order valence-corrected chi connectivity index (χ2v) is 5.94. The molecule has 3 atom stereocenters. The molecule has 1 heteroatoms.